The number of rotatable bonds is 3. The molecule has 0 bridgehead atoms. The van der Waals surface area contributed by atoms with Gasteiger partial charge in [0, 0.05) is 13.0 Å². The van der Waals surface area contributed by atoms with E-state index in [1.54, 1.807) is 0 Å². The first-order chi connectivity index (χ1) is 8.89. The quantitative estimate of drug-likeness (QED) is 0.806. The van der Waals surface area contributed by atoms with Crippen LogP contribution in [0.1, 0.15) is 5.56 Å². The molecular formula is C14H18N2O2. The Morgan fingerprint density at radius 1 is 1.22 bits per heavy atom. The molecule has 1 unspecified atom stereocenters. The lowest BCUT2D eigenvalue weighted by atomic mass is 10.0. The van der Waals surface area contributed by atoms with Crippen molar-refractivity contribution in [1.82, 2.24) is 4.90 Å². The zero-order chi connectivity index (χ0) is 12.3. The van der Waals surface area contributed by atoms with Crippen LogP contribution >= 0.6 is 0 Å². The predicted octanol–water partition coefficient (Wildman–Crippen LogP) is 1.32. The molecule has 18 heavy (non-hydrogen) atoms. The van der Waals surface area contributed by atoms with E-state index in [1.807, 2.05) is 12.4 Å². The van der Waals surface area contributed by atoms with Crippen LogP contribution in [0, 0.1) is 0 Å². The molecule has 96 valence electrons. The van der Waals surface area contributed by atoms with Crippen molar-refractivity contribution < 1.29 is 9.47 Å². The number of hydrogen-bond acceptors (Lipinski definition) is 4. The molecule has 2 heterocycles. The van der Waals surface area contributed by atoms with Gasteiger partial charge in [-0.25, -0.2) is 0 Å². The fourth-order valence-electron chi connectivity index (χ4n) is 2.54. The molecule has 2 aliphatic rings. The molecule has 0 saturated carbocycles. The monoisotopic (exact) mass is 246 g/mol. The number of nitrogens with zero attached hydrogens (tertiary/aromatic N) is 2. The highest BCUT2D eigenvalue weighted by molar-refractivity contribution is 5.58. The molecule has 4 nitrogen and oxygen atoms in total. The molecule has 0 aromatic heterocycles. The fraction of sp³-hybridized carbons (Fsp3) is 0.500. The van der Waals surface area contributed by atoms with Crippen LogP contribution in [0.3, 0.4) is 0 Å². The molecule has 0 spiro atoms. The van der Waals surface area contributed by atoms with Crippen molar-refractivity contribution in [2.75, 3.05) is 32.9 Å². The Morgan fingerprint density at radius 2 is 2.11 bits per heavy atom. The van der Waals surface area contributed by atoms with Crippen molar-refractivity contribution >= 4 is 6.34 Å². The third-order valence-corrected chi connectivity index (χ3v) is 3.46. The smallest absolute Gasteiger partial charge is 0.169 e. The molecule has 1 atom stereocenters. The van der Waals surface area contributed by atoms with Crippen molar-refractivity contribution in [2.24, 2.45) is 4.99 Å². The molecule has 4 heteroatoms. The molecule has 1 aromatic carbocycles. The number of ether oxygens (including phenoxy) is 2. The minimum atomic E-state index is -0.375. The van der Waals surface area contributed by atoms with E-state index in [0.29, 0.717) is 19.8 Å². The molecule has 0 radical (unpaired) electrons. The first-order valence-electron chi connectivity index (χ1n) is 6.41. The number of benzene rings is 1. The third kappa shape index (κ3) is 2.26. The summed E-state index contributed by atoms with van der Waals surface area (Å²) in [5, 5.41) is 0. The van der Waals surface area contributed by atoms with Gasteiger partial charge in [0.05, 0.1) is 32.7 Å². The standard InChI is InChI=1S/C14H18N2O2/c1-2-4-13(5-3-1)10-14(11-17-8-9-18-14)16-7-6-15-12-16/h1-5,12H,6-11H2. The summed E-state index contributed by atoms with van der Waals surface area (Å²) >= 11 is 0. The van der Waals surface area contributed by atoms with Gasteiger partial charge in [-0.05, 0) is 5.56 Å². The van der Waals surface area contributed by atoms with E-state index in [4.69, 9.17) is 9.47 Å². The molecule has 0 N–H and O–H groups in total. The second-order valence-corrected chi connectivity index (χ2v) is 4.72. The average Bonchev–Trinajstić information content (AvgIpc) is 2.95. The highest BCUT2D eigenvalue weighted by Crippen LogP contribution is 2.26. The number of aliphatic imine (C=N–C) groups is 1. The Bertz CT molecular complexity index is 413. The van der Waals surface area contributed by atoms with Gasteiger partial charge in [0.1, 0.15) is 0 Å². The van der Waals surface area contributed by atoms with Crippen LogP contribution in [0.15, 0.2) is 35.3 Å². The minimum absolute atomic E-state index is 0.375. The first-order valence-corrected chi connectivity index (χ1v) is 6.41. The second kappa shape index (κ2) is 5.08. The van der Waals surface area contributed by atoms with Crippen LogP contribution in [-0.4, -0.2) is 49.9 Å². The van der Waals surface area contributed by atoms with Gasteiger partial charge in [0.25, 0.3) is 0 Å². The van der Waals surface area contributed by atoms with Gasteiger partial charge in [0.2, 0.25) is 0 Å². The maximum Gasteiger partial charge on any atom is 0.169 e. The van der Waals surface area contributed by atoms with Gasteiger partial charge >= 0.3 is 0 Å². The Balaban J connectivity index is 1.83. The summed E-state index contributed by atoms with van der Waals surface area (Å²) < 4.78 is 11.7. The van der Waals surface area contributed by atoms with Gasteiger partial charge in [-0.2, -0.15) is 0 Å². The van der Waals surface area contributed by atoms with Crippen molar-refractivity contribution in [2.45, 2.75) is 12.1 Å². The molecule has 1 saturated heterocycles. The van der Waals surface area contributed by atoms with Gasteiger partial charge in [-0.15, -0.1) is 0 Å². The summed E-state index contributed by atoms with van der Waals surface area (Å²) in [6, 6.07) is 10.4. The zero-order valence-electron chi connectivity index (χ0n) is 10.4. The molecule has 1 aromatic rings. The van der Waals surface area contributed by atoms with E-state index in [-0.39, 0.29) is 5.72 Å². The highest BCUT2D eigenvalue weighted by atomic mass is 16.6. The Kier molecular flexibility index (Phi) is 3.30. The molecule has 0 amide bonds. The van der Waals surface area contributed by atoms with Crippen molar-refractivity contribution in [3.8, 4) is 0 Å². The van der Waals surface area contributed by atoms with Crippen molar-refractivity contribution in [3.63, 3.8) is 0 Å². The summed E-state index contributed by atoms with van der Waals surface area (Å²) in [6.07, 6.45) is 2.73. The van der Waals surface area contributed by atoms with Crippen LogP contribution in [-0.2, 0) is 15.9 Å². The van der Waals surface area contributed by atoms with E-state index >= 15 is 0 Å². The van der Waals surface area contributed by atoms with Gasteiger partial charge < -0.3 is 14.4 Å². The van der Waals surface area contributed by atoms with Gasteiger partial charge in [-0.3, -0.25) is 4.99 Å². The molecular weight excluding hydrogens is 228 g/mol. The minimum Gasteiger partial charge on any atom is -0.374 e. The SMILES string of the molecule is C1=NCCN1C1(Cc2ccccc2)COCCO1. The normalized spacial score (nSPS) is 27.7. The van der Waals surface area contributed by atoms with Crippen LogP contribution in [0.4, 0.5) is 0 Å². The molecule has 0 aliphatic carbocycles. The van der Waals surface area contributed by atoms with E-state index in [0.717, 1.165) is 19.5 Å². The molecule has 3 rings (SSSR count). The highest BCUT2D eigenvalue weighted by Gasteiger charge is 2.40. The Morgan fingerprint density at radius 3 is 2.78 bits per heavy atom. The summed E-state index contributed by atoms with van der Waals surface area (Å²) in [7, 11) is 0. The summed E-state index contributed by atoms with van der Waals surface area (Å²) in [5.74, 6) is 0. The lowest BCUT2D eigenvalue weighted by molar-refractivity contribution is -0.208. The van der Waals surface area contributed by atoms with E-state index in [1.165, 1.54) is 5.56 Å². The van der Waals surface area contributed by atoms with E-state index in [9.17, 15) is 0 Å². The predicted molar refractivity (Wildman–Crippen MR) is 69.7 cm³/mol. The third-order valence-electron chi connectivity index (χ3n) is 3.46. The maximum atomic E-state index is 6.06. The van der Waals surface area contributed by atoms with E-state index in [2.05, 4.69) is 34.2 Å². The van der Waals surface area contributed by atoms with Crippen LogP contribution in [0.2, 0.25) is 0 Å². The van der Waals surface area contributed by atoms with Crippen molar-refractivity contribution in [1.29, 1.82) is 0 Å². The zero-order valence-corrected chi connectivity index (χ0v) is 10.4. The summed E-state index contributed by atoms with van der Waals surface area (Å²) in [4.78, 5) is 6.47. The average molecular weight is 246 g/mol. The maximum absolute atomic E-state index is 6.06. The van der Waals surface area contributed by atoms with Gasteiger partial charge in [-0.1, -0.05) is 30.3 Å². The van der Waals surface area contributed by atoms with Crippen LogP contribution in [0.25, 0.3) is 0 Å². The molecule has 1 fully saturated rings. The van der Waals surface area contributed by atoms with Crippen LogP contribution < -0.4 is 0 Å². The number of hydrogen-bond donors (Lipinski definition) is 0. The lowest BCUT2D eigenvalue weighted by Gasteiger charge is -2.43. The van der Waals surface area contributed by atoms with Crippen molar-refractivity contribution in [3.05, 3.63) is 35.9 Å². The summed E-state index contributed by atoms with van der Waals surface area (Å²) in [6.45, 7) is 3.70. The first kappa shape index (κ1) is 11.7. The fourth-order valence-corrected chi connectivity index (χ4v) is 2.54. The largest absolute Gasteiger partial charge is 0.374 e. The Labute approximate surface area is 107 Å². The second-order valence-electron chi connectivity index (χ2n) is 4.72. The molecule has 2 aliphatic heterocycles. The van der Waals surface area contributed by atoms with E-state index < -0.39 is 0 Å². The lowest BCUT2D eigenvalue weighted by Crippen LogP contribution is -2.57. The summed E-state index contributed by atoms with van der Waals surface area (Å²) in [5.41, 5.74) is 0.892. The van der Waals surface area contributed by atoms with Crippen LogP contribution in [0.5, 0.6) is 0 Å². The topological polar surface area (TPSA) is 34.1 Å². The Hall–Kier alpha value is -1.39. The van der Waals surface area contributed by atoms with Gasteiger partial charge in [0.15, 0.2) is 5.72 Å².